The van der Waals surface area contributed by atoms with Gasteiger partial charge in [-0.1, -0.05) is 61.9 Å². The van der Waals surface area contributed by atoms with Gasteiger partial charge in [0.2, 0.25) is 5.91 Å². The minimum absolute atomic E-state index is 0.00387. The van der Waals surface area contributed by atoms with Gasteiger partial charge >= 0.3 is 5.69 Å². The zero-order valence-corrected chi connectivity index (χ0v) is 22.5. The summed E-state index contributed by atoms with van der Waals surface area (Å²) in [7, 11) is 0. The zero-order chi connectivity index (χ0) is 27.7. The molecule has 1 atom stereocenters. The number of amides is 1. The van der Waals surface area contributed by atoms with E-state index in [1.165, 1.54) is 16.7 Å². The van der Waals surface area contributed by atoms with Crippen LogP contribution >= 0.6 is 11.6 Å². The van der Waals surface area contributed by atoms with Crippen LogP contribution < -0.4 is 10.6 Å². The van der Waals surface area contributed by atoms with Gasteiger partial charge < -0.3 is 9.80 Å². The molecule has 0 N–H and O–H groups in total. The van der Waals surface area contributed by atoms with Crippen LogP contribution in [0.4, 0.5) is 10.2 Å². The maximum atomic E-state index is 14.8. The number of aromatic nitrogens is 4. The lowest BCUT2D eigenvalue weighted by Gasteiger charge is -2.40. The van der Waals surface area contributed by atoms with E-state index in [2.05, 4.69) is 23.5 Å². The summed E-state index contributed by atoms with van der Waals surface area (Å²) in [5, 5.41) is -0.00387. The van der Waals surface area contributed by atoms with Crippen molar-refractivity contribution in [1.82, 2.24) is 24.4 Å². The van der Waals surface area contributed by atoms with Crippen molar-refractivity contribution < 1.29 is 9.18 Å². The summed E-state index contributed by atoms with van der Waals surface area (Å²) in [5.41, 5.74) is 1.92. The molecule has 200 valence electrons. The number of anilines is 1. The largest absolute Gasteiger partial charge is 0.355 e. The van der Waals surface area contributed by atoms with Gasteiger partial charge in [0.25, 0.3) is 0 Å². The number of fused-ring (bicyclic) bond motifs is 1. The predicted octanol–water partition coefficient (Wildman–Crippen LogP) is 4.81. The van der Waals surface area contributed by atoms with Crippen LogP contribution in [0.5, 0.6) is 0 Å². The number of para-hydroxylation sites is 1. The number of halogens is 2. The second-order valence-corrected chi connectivity index (χ2v) is 9.84. The quantitative estimate of drug-likeness (QED) is 0.323. The first kappa shape index (κ1) is 26.5. The van der Waals surface area contributed by atoms with Crippen molar-refractivity contribution in [3.8, 4) is 16.9 Å². The molecule has 1 fully saturated rings. The summed E-state index contributed by atoms with van der Waals surface area (Å²) < 4.78 is 16.3. The first-order valence-corrected chi connectivity index (χ1v) is 13.2. The maximum Gasteiger partial charge on any atom is 0.355 e. The first-order chi connectivity index (χ1) is 18.8. The van der Waals surface area contributed by atoms with E-state index in [0.717, 1.165) is 18.4 Å². The second kappa shape index (κ2) is 10.9. The molecule has 8 nitrogen and oxygen atoms in total. The molecule has 1 aliphatic heterocycles. The molecule has 1 amide bonds. The van der Waals surface area contributed by atoms with Crippen molar-refractivity contribution in [3.05, 3.63) is 88.2 Å². The molecular formula is C29H28ClFN6O2. The van der Waals surface area contributed by atoms with Gasteiger partial charge in [-0.15, -0.1) is 0 Å². The highest BCUT2D eigenvalue weighted by Crippen LogP contribution is 2.33. The van der Waals surface area contributed by atoms with Crippen LogP contribution in [0.25, 0.3) is 28.1 Å². The molecule has 39 heavy (non-hydrogen) atoms. The lowest BCUT2D eigenvalue weighted by Crippen LogP contribution is -2.54. The topological polar surface area (TPSA) is 84.2 Å². The van der Waals surface area contributed by atoms with E-state index in [0.29, 0.717) is 36.7 Å². The van der Waals surface area contributed by atoms with E-state index in [1.807, 2.05) is 36.1 Å². The summed E-state index contributed by atoms with van der Waals surface area (Å²) in [6.45, 7) is 8.86. The monoisotopic (exact) mass is 546 g/mol. The fourth-order valence-corrected chi connectivity index (χ4v) is 5.28. The van der Waals surface area contributed by atoms with E-state index in [1.54, 1.807) is 23.1 Å². The molecule has 0 saturated carbocycles. The highest BCUT2D eigenvalue weighted by molar-refractivity contribution is 6.32. The average Bonchev–Trinajstić information content (AvgIpc) is 2.93. The van der Waals surface area contributed by atoms with Crippen molar-refractivity contribution in [3.63, 3.8) is 0 Å². The average molecular weight is 547 g/mol. The molecule has 5 rings (SSSR count). The summed E-state index contributed by atoms with van der Waals surface area (Å²) in [5.74, 6) is -0.328. The summed E-state index contributed by atoms with van der Waals surface area (Å²) in [6.07, 6.45) is 2.90. The fourth-order valence-electron chi connectivity index (χ4n) is 5.05. The van der Waals surface area contributed by atoms with Gasteiger partial charge in [0.05, 0.1) is 5.69 Å². The molecule has 10 heteroatoms. The lowest BCUT2D eigenvalue weighted by atomic mass is 10.1. The molecule has 0 aliphatic carbocycles. The van der Waals surface area contributed by atoms with E-state index >= 15 is 0 Å². The number of aryl methyl sites for hydroxylation is 1. The number of hydrogen-bond acceptors (Lipinski definition) is 6. The van der Waals surface area contributed by atoms with E-state index in [-0.39, 0.29) is 34.0 Å². The Kier molecular flexibility index (Phi) is 7.43. The van der Waals surface area contributed by atoms with Crippen molar-refractivity contribution >= 4 is 34.5 Å². The molecule has 0 radical (unpaired) electrons. The molecule has 0 spiro atoms. The third-order valence-corrected chi connectivity index (χ3v) is 7.18. The van der Waals surface area contributed by atoms with Crippen LogP contribution in [0.15, 0.2) is 66.0 Å². The number of nitrogens with zero attached hydrogens (tertiary/aromatic N) is 6. The fraction of sp³-hybridized carbons (Fsp3) is 0.276. The molecular weight excluding hydrogens is 519 g/mol. The van der Waals surface area contributed by atoms with E-state index < -0.39 is 11.5 Å². The van der Waals surface area contributed by atoms with Crippen LogP contribution in [0.1, 0.15) is 25.8 Å². The van der Waals surface area contributed by atoms with Crippen molar-refractivity contribution in [1.29, 1.82) is 0 Å². The Bertz CT molecular complexity index is 1640. The SMILES string of the molecule is C=CC(=O)N1CCN(c2nc(=O)n(-c3ccccc3CCC)c3nc(-c4ccccc4F)c(Cl)nc23)[C@@H](C)C1. The number of carbonyl (C=O) groups is 1. The van der Waals surface area contributed by atoms with Gasteiger partial charge in [0, 0.05) is 31.2 Å². The van der Waals surface area contributed by atoms with Crippen molar-refractivity contribution in [2.45, 2.75) is 32.7 Å². The maximum absolute atomic E-state index is 14.8. The smallest absolute Gasteiger partial charge is 0.348 e. The Labute approximate surface area is 230 Å². The number of piperazine rings is 1. The summed E-state index contributed by atoms with van der Waals surface area (Å²) in [4.78, 5) is 43.5. The third kappa shape index (κ3) is 4.90. The van der Waals surface area contributed by atoms with Gasteiger partial charge in [-0.3, -0.25) is 4.79 Å². The first-order valence-electron chi connectivity index (χ1n) is 12.9. The molecule has 2 aromatic heterocycles. The van der Waals surface area contributed by atoms with Crippen molar-refractivity contribution in [2.75, 3.05) is 24.5 Å². The number of benzene rings is 2. The van der Waals surface area contributed by atoms with Crippen LogP contribution in [0.3, 0.4) is 0 Å². The van der Waals surface area contributed by atoms with E-state index in [9.17, 15) is 14.0 Å². The number of rotatable bonds is 6. The van der Waals surface area contributed by atoms with Gasteiger partial charge in [-0.25, -0.2) is 23.7 Å². The predicted molar refractivity (Wildman–Crippen MR) is 151 cm³/mol. The van der Waals surface area contributed by atoms with Crippen LogP contribution in [0, 0.1) is 5.82 Å². The molecule has 1 aliphatic rings. The molecule has 2 aromatic carbocycles. The van der Waals surface area contributed by atoms with Crippen molar-refractivity contribution in [2.24, 2.45) is 0 Å². The van der Waals surface area contributed by atoms with Crippen LogP contribution in [-0.4, -0.2) is 56.0 Å². The highest BCUT2D eigenvalue weighted by Gasteiger charge is 2.30. The normalized spacial score (nSPS) is 15.5. The minimum Gasteiger partial charge on any atom is -0.348 e. The lowest BCUT2D eigenvalue weighted by molar-refractivity contribution is -0.126. The Hall–Kier alpha value is -4.11. The van der Waals surface area contributed by atoms with Gasteiger partial charge in [-0.05, 0) is 43.2 Å². The summed E-state index contributed by atoms with van der Waals surface area (Å²) in [6, 6.07) is 13.6. The second-order valence-electron chi connectivity index (χ2n) is 9.48. The van der Waals surface area contributed by atoms with Gasteiger partial charge in [-0.2, -0.15) is 4.98 Å². The molecule has 0 unspecified atom stereocenters. The van der Waals surface area contributed by atoms with Crippen LogP contribution in [0.2, 0.25) is 5.15 Å². The minimum atomic E-state index is -0.533. The highest BCUT2D eigenvalue weighted by atomic mass is 35.5. The molecule has 4 aromatic rings. The Morgan fingerprint density at radius 2 is 1.87 bits per heavy atom. The number of hydrogen-bond donors (Lipinski definition) is 0. The third-order valence-electron chi connectivity index (χ3n) is 6.92. The van der Waals surface area contributed by atoms with E-state index in [4.69, 9.17) is 16.6 Å². The molecule has 0 bridgehead atoms. The van der Waals surface area contributed by atoms with Gasteiger partial charge in [0.15, 0.2) is 22.1 Å². The standard InChI is InChI=1S/C29H28ClFN6O2/c1-4-10-19-11-6-9-14-22(19)37-28-25(32-26(30)24(33-28)20-12-7-8-13-21(20)31)27(34-29(37)39)36-16-15-35(17-18(36)3)23(38)5-2/h5-9,11-14,18H,2,4,10,15-17H2,1,3H3/t18-/m0/s1. The Morgan fingerprint density at radius 3 is 2.59 bits per heavy atom. The zero-order valence-electron chi connectivity index (χ0n) is 21.8. The molecule has 1 saturated heterocycles. The Morgan fingerprint density at radius 1 is 1.13 bits per heavy atom. The van der Waals surface area contributed by atoms with Crippen LogP contribution in [-0.2, 0) is 11.2 Å². The summed E-state index contributed by atoms with van der Waals surface area (Å²) >= 11 is 6.62. The van der Waals surface area contributed by atoms with Gasteiger partial charge in [0.1, 0.15) is 11.5 Å². The Balaban J connectivity index is 1.77. The number of carbonyl (C=O) groups excluding carboxylic acids is 1. The molecule has 3 heterocycles.